The average molecular weight is 384 g/mol. The Balaban J connectivity index is 1.75. The van der Waals surface area contributed by atoms with Crippen LogP contribution in [0.1, 0.15) is 0 Å². The van der Waals surface area contributed by atoms with Crippen LogP contribution in [-0.4, -0.2) is 36.5 Å². The molecule has 140 valence electrons. The molecule has 0 saturated carbocycles. The number of rotatable bonds is 4. The fourth-order valence-corrected chi connectivity index (χ4v) is 2.50. The maximum Gasteiger partial charge on any atom is 0.573 e. The van der Waals surface area contributed by atoms with Crippen LogP contribution in [0.4, 0.5) is 13.2 Å². The molecule has 0 spiro atoms. The molecule has 3 aromatic heterocycles. The summed E-state index contributed by atoms with van der Waals surface area (Å²) in [7, 11) is 0. The summed E-state index contributed by atoms with van der Waals surface area (Å²) in [5.41, 5.74) is 1.26. The van der Waals surface area contributed by atoms with Gasteiger partial charge in [-0.1, -0.05) is 12.1 Å². The first-order valence-electron chi connectivity index (χ1n) is 8.03. The molecule has 0 radical (unpaired) electrons. The Hall–Kier alpha value is -3.82. The second kappa shape index (κ2) is 7.06. The largest absolute Gasteiger partial charge is 0.573 e. The highest BCUT2D eigenvalue weighted by molar-refractivity contribution is 5.69. The Kier molecular flexibility index (Phi) is 4.44. The van der Waals surface area contributed by atoms with Crippen LogP contribution >= 0.6 is 0 Å². The van der Waals surface area contributed by atoms with E-state index in [0.717, 1.165) is 4.80 Å². The smallest absolute Gasteiger partial charge is 0.405 e. The minimum absolute atomic E-state index is 0.187. The Morgan fingerprint density at radius 3 is 2.21 bits per heavy atom. The minimum atomic E-state index is -4.86. The lowest BCUT2D eigenvalue weighted by molar-refractivity contribution is -0.274. The second-order valence-electron chi connectivity index (χ2n) is 5.56. The van der Waals surface area contributed by atoms with Crippen molar-refractivity contribution in [3.63, 3.8) is 0 Å². The number of benzene rings is 1. The third-order valence-corrected chi connectivity index (χ3v) is 3.67. The zero-order chi connectivity index (χ0) is 19.6. The normalized spacial score (nSPS) is 11.4. The quantitative estimate of drug-likeness (QED) is 0.534. The predicted molar refractivity (Wildman–Crippen MR) is 92.3 cm³/mol. The number of halogens is 3. The number of nitrogens with zero attached hydrogens (tertiary/aromatic N) is 6. The van der Waals surface area contributed by atoms with E-state index in [9.17, 15) is 13.2 Å². The molecule has 0 amide bonds. The molecule has 0 bridgehead atoms. The van der Waals surface area contributed by atoms with Crippen molar-refractivity contribution < 1.29 is 17.9 Å². The number of hydrogen-bond donors (Lipinski definition) is 0. The molecule has 1 aromatic carbocycles. The first-order chi connectivity index (χ1) is 13.5. The molecule has 4 aromatic rings. The topological polar surface area (TPSA) is 78.6 Å². The highest BCUT2D eigenvalue weighted by Gasteiger charge is 2.32. The summed E-state index contributed by atoms with van der Waals surface area (Å²) in [6, 6.07) is 14.3. The van der Waals surface area contributed by atoms with Crippen molar-refractivity contribution >= 4 is 0 Å². The Bertz CT molecular complexity index is 1080. The van der Waals surface area contributed by atoms with Crippen molar-refractivity contribution in [2.45, 2.75) is 6.36 Å². The van der Waals surface area contributed by atoms with E-state index in [0.29, 0.717) is 11.4 Å². The minimum Gasteiger partial charge on any atom is -0.405 e. The van der Waals surface area contributed by atoms with Gasteiger partial charge < -0.3 is 4.74 Å². The molecular weight excluding hydrogens is 373 g/mol. The van der Waals surface area contributed by atoms with Gasteiger partial charge in [0.2, 0.25) is 5.82 Å². The molecule has 0 aliphatic carbocycles. The SMILES string of the molecule is FC(F)(F)Oc1cc(-n2nnc(-c3ccccn3)n2)ccc1-c1ccccn1. The number of ether oxygens (including phenoxy) is 1. The molecule has 3 heterocycles. The van der Waals surface area contributed by atoms with Gasteiger partial charge in [-0.3, -0.25) is 9.97 Å². The average Bonchev–Trinajstić information content (AvgIpc) is 3.18. The predicted octanol–water partition coefficient (Wildman–Crippen LogP) is 3.68. The van der Waals surface area contributed by atoms with Crippen LogP contribution in [0.3, 0.4) is 0 Å². The van der Waals surface area contributed by atoms with Crippen LogP contribution in [-0.2, 0) is 0 Å². The second-order valence-corrected chi connectivity index (χ2v) is 5.56. The zero-order valence-electron chi connectivity index (χ0n) is 14.1. The molecule has 7 nitrogen and oxygen atoms in total. The molecule has 0 saturated heterocycles. The van der Waals surface area contributed by atoms with Gasteiger partial charge in [-0.05, 0) is 41.6 Å². The van der Waals surface area contributed by atoms with Crippen LogP contribution < -0.4 is 4.74 Å². The van der Waals surface area contributed by atoms with Gasteiger partial charge in [-0.25, -0.2) is 0 Å². The first-order valence-corrected chi connectivity index (χ1v) is 8.03. The van der Waals surface area contributed by atoms with Crippen molar-refractivity contribution in [3.8, 4) is 34.2 Å². The van der Waals surface area contributed by atoms with Crippen molar-refractivity contribution in [3.05, 3.63) is 67.0 Å². The van der Waals surface area contributed by atoms with Gasteiger partial charge in [0.05, 0.1) is 11.4 Å². The third-order valence-electron chi connectivity index (χ3n) is 3.67. The lowest BCUT2D eigenvalue weighted by atomic mass is 10.1. The Morgan fingerprint density at radius 2 is 1.57 bits per heavy atom. The van der Waals surface area contributed by atoms with Crippen molar-refractivity contribution in [1.82, 2.24) is 30.2 Å². The standard InChI is InChI=1S/C18H11F3N6O/c19-18(20,21)28-16-11-12(7-8-13(16)14-5-1-3-9-22-14)27-25-17(24-26-27)15-6-2-4-10-23-15/h1-11H. The summed E-state index contributed by atoms with van der Waals surface area (Å²) in [5.74, 6) is -0.173. The van der Waals surface area contributed by atoms with E-state index in [1.165, 1.54) is 18.3 Å². The fourth-order valence-electron chi connectivity index (χ4n) is 2.50. The molecule has 0 aliphatic rings. The summed E-state index contributed by atoms with van der Waals surface area (Å²) in [6.07, 6.45) is -1.80. The van der Waals surface area contributed by atoms with Gasteiger partial charge in [0, 0.05) is 24.0 Å². The summed E-state index contributed by atoms with van der Waals surface area (Å²) >= 11 is 0. The number of pyridine rings is 2. The van der Waals surface area contributed by atoms with E-state index in [-0.39, 0.29) is 17.1 Å². The highest BCUT2D eigenvalue weighted by atomic mass is 19.4. The van der Waals surface area contributed by atoms with Crippen molar-refractivity contribution in [2.75, 3.05) is 0 Å². The van der Waals surface area contributed by atoms with Crippen LogP contribution in [0.2, 0.25) is 0 Å². The summed E-state index contributed by atoms with van der Waals surface area (Å²) < 4.78 is 42.9. The van der Waals surface area contributed by atoms with Gasteiger partial charge in [-0.2, -0.15) is 0 Å². The first kappa shape index (κ1) is 17.6. The molecule has 0 unspecified atom stereocenters. The monoisotopic (exact) mass is 384 g/mol. The number of alkyl halides is 3. The van der Waals surface area contributed by atoms with E-state index in [4.69, 9.17) is 0 Å². The molecule has 28 heavy (non-hydrogen) atoms. The van der Waals surface area contributed by atoms with Gasteiger partial charge in [0.15, 0.2) is 0 Å². The molecule has 10 heteroatoms. The number of tetrazole rings is 1. The van der Waals surface area contributed by atoms with E-state index >= 15 is 0 Å². The Morgan fingerprint density at radius 1 is 0.857 bits per heavy atom. The lowest BCUT2D eigenvalue weighted by Crippen LogP contribution is -2.18. The van der Waals surface area contributed by atoms with Crippen LogP contribution in [0.15, 0.2) is 67.0 Å². The molecule has 0 N–H and O–H groups in total. The molecule has 0 atom stereocenters. The lowest BCUT2D eigenvalue weighted by Gasteiger charge is -2.14. The molecule has 0 fully saturated rings. The third kappa shape index (κ3) is 3.80. The Labute approximate surface area is 156 Å². The van der Waals surface area contributed by atoms with E-state index in [2.05, 4.69) is 30.1 Å². The van der Waals surface area contributed by atoms with Crippen LogP contribution in [0.25, 0.3) is 28.5 Å². The summed E-state index contributed by atoms with van der Waals surface area (Å²) in [6.45, 7) is 0. The maximum absolute atomic E-state index is 12.9. The maximum atomic E-state index is 12.9. The number of hydrogen-bond acceptors (Lipinski definition) is 6. The van der Waals surface area contributed by atoms with Gasteiger partial charge in [0.25, 0.3) is 0 Å². The van der Waals surface area contributed by atoms with Crippen LogP contribution in [0, 0.1) is 0 Å². The van der Waals surface area contributed by atoms with Crippen molar-refractivity contribution in [2.24, 2.45) is 0 Å². The van der Waals surface area contributed by atoms with E-state index in [1.807, 2.05) is 0 Å². The van der Waals surface area contributed by atoms with Crippen molar-refractivity contribution in [1.29, 1.82) is 0 Å². The van der Waals surface area contributed by atoms with E-state index < -0.39 is 12.1 Å². The van der Waals surface area contributed by atoms with Gasteiger partial charge in [-0.15, -0.1) is 28.2 Å². The van der Waals surface area contributed by atoms with Gasteiger partial charge in [0.1, 0.15) is 11.4 Å². The molecule has 4 rings (SSSR count). The number of aromatic nitrogens is 6. The fraction of sp³-hybridized carbons (Fsp3) is 0.0556. The van der Waals surface area contributed by atoms with Crippen LogP contribution in [0.5, 0.6) is 5.75 Å². The van der Waals surface area contributed by atoms with E-state index in [1.54, 1.807) is 48.7 Å². The highest BCUT2D eigenvalue weighted by Crippen LogP contribution is 2.34. The summed E-state index contributed by atoms with van der Waals surface area (Å²) in [4.78, 5) is 9.30. The molecule has 0 aliphatic heterocycles. The zero-order valence-corrected chi connectivity index (χ0v) is 14.1. The summed E-state index contributed by atoms with van der Waals surface area (Å²) in [5, 5.41) is 11.9. The van der Waals surface area contributed by atoms with Gasteiger partial charge >= 0.3 is 6.36 Å². The molecular formula is C18H11F3N6O.